The number of amides is 1. The molecule has 1 amide bonds. The Morgan fingerprint density at radius 1 is 1.40 bits per heavy atom. The summed E-state index contributed by atoms with van der Waals surface area (Å²) in [7, 11) is 0. The third kappa shape index (κ3) is 2.04. The lowest BCUT2D eigenvalue weighted by molar-refractivity contribution is 0.100. The molecule has 0 saturated carbocycles. The predicted octanol–water partition coefficient (Wildman–Crippen LogP) is 2.55. The van der Waals surface area contributed by atoms with Crippen LogP contribution in [0.5, 0.6) is 0 Å². The van der Waals surface area contributed by atoms with Crippen molar-refractivity contribution < 1.29 is 4.79 Å². The predicted molar refractivity (Wildman–Crippen MR) is 83.2 cm³/mol. The van der Waals surface area contributed by atoms with Crippen molar-refractivity contribution in [1.82, 2.24) is 0 Å². The Labute approximate surface area is 122 Å². The zero-order chi connectivity index (χ0) is 14.3. The topological polar surface area (TPSA) is 72.3 Å². The molecule has 0 spiro atoms. The number of fused-ring (bicyclic) bond motifs is 1. The van der Waals surface area contributed by atoms with Crippen molar-refractivity contribution in [2.75, 3.05) is 17.2 Å². The van der Waals surface area contributed by atoms with Crippen LogP contribution in [0, 0.1) is 0 Å². The lowest BCUT2D eigenvalue weighted by atomic mass is 9.99. The number of carbonyl (C=O) groups is 1. The van der Waals surface area contributed by atoms with E-state index in [9.17, 15) is 4.79 Å². The number of thiophene rings is 1. The third-order valence-electron chi connectivity index (χ3n) is 3.87. The zero-order valence-corrected chi connectivity index (χ0v) is 12.1. The Morgan fingerprint density at radius 2 is 2.20 bits per heavy atom. The maximum atomic E-state index is 11.7. The quantitative estimate of drug-likeness (QED) is 0.834. The van der Waals surface area contributed by atoms with Crippen LogP contribution >= 0.6 is 11.3 Å². The molecule has 1 unspecified atom stereocenters. The first kappa shape index (κ1) is 13.0. The summed E-state index contributed by atoms with van der Waals surface area (Å²) in [6.45, 7) is 3.05. The van der Waals surface area contributed by atoms with E-state index in [1.54, 1.807) is 17.4 Å². The number of nitrogens with zero attached hydrogens (tertiary/aromatic N) is 1. The van der Waals surface area contributed by atoms with Gasteiger partial charge in [0.15, 0.2) is 0 Å². The first-order valence-corrected chi connectivity index (χ1v) is 7.48. The van der Waals surface area contributed by atoms with E-state index in [-0.39, 0.29) is 6.04 Å². The Balaban J connectivity index is 2.04. The van der Waals surface area contributed by atoms with Crippen LogP contribution in [-0.2, 0) is 6.42 Å². The molecule has 0 aliphatic carbocycles. The van der Waals surface area contributed by atoms with Crippen molar-refractivity contribution in [3.05, 3.63) is 45.6 Å². The first-order chi connectivity index (χ1) is 9.58. The molecule has 0 fully saturated rings. The molecule has 104 valence electrons. The molecule has 1 aromatic carbocycles. The van der Waals surface area contributed by atoms with E-state index in [0.29, 0.717) is 11.3 Å². The SMILES string of the molecule is CC1c2ccsc2CCN1c1ccc(N)cc1C(N)=O. The minimum Gasteiger partial charge on any atom is -0.399 e. The lowest BCUT2D eigenvalue weighted by Gasteiger charge is -2.36. The van der Waals surface area contributed by atoms with Gasteiger partial charge in [0.05, 0.1) is 17.3 Å². The molecule has 2 aromatic rings. The summed E-state index contributed by atoms with van der Waals surface area (Å²) in [5, 5.41) is 2.13. The largest absolute Gasteiger partial charge is 0.399 e. The number of rotatable bonds is 2. The third-order valence-corrected chi connectivity index (χ3v) is 4.87. The van der Waals surface area contributed by atoms with E-state index in [1.807, 2.05) is 12.1 Å². The van der Waals surface area contributed by atoms with Crippen molar-refractivity contribution in [3.8, 4) is 0 Å². The van der Waals surface area contributed by atoms with Crippen LogP contribution in [0.3, 0.4) is 0 Å². The molecule has 0 bridgehead atoms. The van der Waals surface area contributed by atoms with Gasteiger partial charge in [0.2, 0.25) is 0 Å². The molecule has 2 heterocycles. The fourth-order valence-electron chi connectivity index (χ4n) is 2.84. The number of anilines is 2. The minimum atomic E-state index is -0.435. The maximum absolute atomic E-state index is 11.7. The Bertz CT molecular complexity index is 665. The molecule has 5 heteroatoms. The summed E-state index contributed by atoms with van der Waals surface area (Å²) < 4.78 is 0. The number of primary amides is 1. The van der Waals surface area contributed by atoms with Crippen LogP contribution in [0.15, 0.2) is 29.6 Å². The smallest absolute Gasteiger partial charge is 0.250 e. The zero-order valence-electron chi connectivity index (χ0n) is 11.3. The van der Waals surface area contributed by atoms with Gasteiger partial charge >= 0.3 is 0 Å². The highest BCUT2D eigenvalue weighted by Gasteiger charge is 2.27. The number of hydrogen-bond acceptors (Lipinski definition) is 4. The second-order valence-electron chi connectivity index (χ2n) is 5.06. The Kier molecular flexibility index (Phi) is 3.14. The van der Waals surface area contributed by atoms with E-state index in [1.165, 1.54) is 10.4 Å². The average Bonchev–Trinajstić information content (AvgIpc) is 2.89. The lowest BCUT2D eigenvalue weighted by Crippen LogP contribution is -2.34. The molecular formula is C15H17N3OS. The van der Waals surface area contributed by atoms with Crippen molar-refractivity contribution in [3.63, 3.8) is 0 Å². The van der Waals surface area contributed by atoms with E-state index >= 15 is 0 Å². The second-order valence-corrected chi connectivity index (χ2v) is 6.06. The Hall–Kier alpha value is -2.01. The number of carbonyl (C=O) groups excluding carboxylic acids is 1. The number of nitrogens with two attached hydrogens (primary N) is 2. The standard InChI is InChI=1S/C15H17N3OS/c1-9-11-5-7-20-14(11)4-6-18(9)13-3-2-10(16)8-12(13)15(17)19/h2-3,5,7-9H,4,6,16H2,1H3,(H2,17,19). The van der Waals surface area contributed by atoms with Crippen molar-refractivity contribution >= 4 is 28.6 Å². The monoisotopic (exact) mass is 287 g/mol. The molecule has 4 N–H and O–H groups in total. The van der Waals surface area contributed by atoms with Gasteiger partial charge in [0.25, 0.3) is 5.91 Å². The number of nitrogen functional groups attached to an aromatic ring is 1. The van der Waals surface area contributed by atoms with E-state index in [2.05, 4.69) is 23.3 Å². The fourth-order valence-corrected chi connectivity index (χ4v) is 3.80. The van der Waals surface area contributed by atoms with Crippen LogP contribution in [0.4, 0.5) is 11.4 Å². The van der Waals surface area contributed by atoms with Gasteiger partial charge in [0, 0.05) is 17.1 Å². The van der Waals surface area contributed by atoms with E-state index in [4.69, 9.17) is 11.5 Å². The summed E-state index contributed by atoms with van der Waals surface area (Å²) in [5.74, 6) is -0.435. The molecule has 1 aromatic heterocycles. The second kappa shape index (κ2) is 4.83. The van der Waals surface area contributed by atoms with Crippen molar-refractivity contribution in [1.29, 1.82) is 0 Å². The molecular weight excluding hydrogens is 270 g/mol. The van der Waals surface area contributed by atoms with Gasteiger partial charge in [-0.2, -0.15) is 0 Å². The summed E-state index contributed by atoms with van der Waals surface area (Å²) in [5.41, 5.74) is 14.5. The van der Waals surface area contributed by atoms with Crippen LogP contribution in [0.25, 0.3) is 0 Å². The van der Waals surface area contributed by atoms with Gasteiger partial charge in [-0.1, -0.05) is 0 Å². The highest BCUT2D eigenvalue weighted by Crippen LogP contribution is 2.37. The minimum absolute atomic E-state index is 0.242. The molecule has 3 rings (SSSR count). The number of benzene rings is 1. The van der Waals surface area contributed by atoms with Gasteiger partial charge in [0.1, 0.15) is 0 Å². The van der Waals surface area contributed by atoms with Gasteiger partial charge in [-0.05, 0) is 48.6 Å². The first-order valence-electron chi connectivity index (χ1n) is 6.60. The normalized spacial score (nSPS) is 17.9. The summed E-state index contributed by atoms with van der Waals surface area (Å²) >= 11 is 1.80. The van der Waals surface area contributed by atoms with Crippen LogP contribution in [-0.4, -0.2) is 12.5 Å². The molecule has 20 heavy (non-hydrogen) atoms. The molecule has 0 radical (unpaired) electrons. The van der Waals surface area contributed by atoms with Gasteiger partial charge in [-0.3, -0.25) is 4.79 Å². The molecule has 4 nitrogen and oxygen atoms in total. The number of hydrogen-bond donors (Lipinski definition) is 2. The highest BCUT2D eigenvalue weighted by molar-refractivity contribution is 7.10. The van der Waals surface area contributed by atoms with Crippen LogP contribution in [0.2, 0.25) is 0 Å². The molecule has 0 saturated heterocycles. The van der Waals surface area contributed by atoms with E-state index in [0.717, 1.165) is 18.7 Å². The average molecular weight is 287 g/mol. The molecule has 1 atom stereocenters. The van der Waals surface area contributed by atoms with Gasteiger partial charge < -0.3 is 16.4 Å². The summed E-state index contributed by atoms with van der Waals surface area (Å²) in [4.78, 5) is 15.3. The van der Waals surface area contributed by atoms with Crippen LogP contribution in [0.1, 0.15) is 33.8 Å². The van der Waals surface area contributed by atoms with Crippen molar-refractivity contribution in [2.24, 2.45) is 5.73 Å². The van der Waals surface area contributed by atoms with Crippen molar-refractivity contribution in [2.45, 2.75) is 19.4 Å². The maximum Gasteiger partial charge on any atom is 0.250 e. The fraction of sp³-hybridized carbons (Fsp3) is 0.267. The highest BCUT2D eigenvalue weighted by atomic mass is 32.1. The van der Waals surface area contributed by atoms with Gasteiger partial charge in [-0.25, -0.2) is 0 Å². The Morgan fingerprint density at radius 3 is 2.95 bits per heavy atom. The van der Waals surface area contributed by atoms with Gasteiger partial charge in [-0.15, -0.1) is 11.3 Å². The summed E-state index contributed by atoms with van der Waals surface area (Å²) in [6.07, 6.45) is 1.000. The molecule has 1 aliphatic rings. The molecule has 1 aliphatic heterocycles. The van der Waals surface area contributed by atoms with Crippen LogP contribution < -0.4 is 16.4 Å². The summed E-state index contributed by atoms with van der Waals surface area (Å²) in [6, 6.07) is 7.78. The van der Waals surface area contributed by atoms with E-state index < -0.39 is 5.91 Å².